The zero-order valence-electron chi connectivity index (χ0n) is 4.53. The van der Waals surface area contributed by atoms with E-state index in [4.69, 9.17) is 0 Å². The van der Waals surface area contributed by atoms with Crippen molar-refractivity contribution in [2.24, 2.45) is 4.99 Å². The normalized spacial score (nSPS) is 28.4. The van der Waals surface area contributed by atoms with Crippen LogP contribution in [0.3, 0.4) is 0 Å². The van der Waals surface area contributed by atoms with Crippen molar-refractivity contribution in [3.63, 3.8) is 0 Å². The van der Waals surface area contributed by atoms with Crippen molar-refractivity contribution < 1.29 is 0 Å². The van der Waals surface area contributed by atoms with E-state index in [0.29, 0.717) is 3.91 Å². The maximum Gasteiger partial charge on any atom is 0.103 e. The predicted molar refractivity (Wildman–Crippen MR) is 45.8 cm³/mol. The van der Waals surface area contributed by atoms with Crippen LogP contribution < -0.4 is 0 Å². The molecule has 0 aliphatic carbocycles. The van der Waals surface area contributed by atoms with Crippen molar-refractivity contribution >= 4 is 40.8 Å². The van der Waals surface area contributed by atoms with Gasteiger partial charge in [0.1, 0.15) is 3.91 Å². The van der Waals surface area contributed by atoms with Crippen molar-refractivity contribution in [2.45, 2.75) is 3.91 Å². The number of nitrogens with zero attached hydrogens (tertiary/aromatic N) is 1. The lowest BCUT2D eigenvalue weighted by Gasteiger charge is -2.11. The summed E-state index contributed by atoms with van der Waals surface area (Å²) in [5, 5.41) is 0. The van der Waals surface area contributed by atoms with Gasteiger partial charge in [-0.15, -0.1) is 23.5 Å². The fraction of sp³-hybridized carbons (Fsp3) is 0.750. The smallest absolute Gasteiger partial charge is 0.103 e. The molecule has 1 rings (SSSR count). The van der Waals surface area contributed by atoms with E-state index in [1.165, 1.54) is 0 Å². The average molecular weight is 165 g/mol. The molecule has 0 aromatic rings. The van der Waals surface area contributed by atoms with Crippen LogP contribution in [0.1, 0.15) is 0 Å². The van der Waals surface area contributed by atoms with Crippen LogP contribution in [0.25, 0.3) is 0 Å². The van der Waals surface area contributed by atoms with E-state index in [1.807, 2.05) is 29.1 Å². The molecule has 0 amide bonds. The van der Waals surface area contributed by atoms with Crippen molar-refractivity contribution in [3.8, 4) is 0 Å². The number of thioether (sulfide) groups is 3. The molecule has 1 nitrogen and oxygen atoms in total. The summed E-state index contributed by atoms with van der Waals surface area (Å²) >= 11 is 5.57. The van der Waals surface area contributed by atoms with Gasteiger partial charge in [0, 0.05) is 0 Å². The first kappa shape index (κ1) is 6.83. The first-order valence-corrected chi connectivity index (χ1v) is 5.49. The zero-order chi connectivity index (χ0) is 5.82. The SMILES string of the molecule is CSC1SC=NCS1. The topological polar surface area (TPSA) is 12.4 Å². The molecule has 1 atom stereocenters. The lowest BCUT2D eigenvalue weighted by molar-refractivity contribution is 1.40. The third-order valence-corrected chi connectivity index (χ3v) is 4.81. The standard InChI is InChI=1S/C4H7NS3/c1-6-4-7-2-5-3-8-4/h2,4H,3H2,1H3. The molecule has 0 bridgehead atoms. The summed E-state index contributed by atoms with van der Waals surface area (Å²) in [5.74, 6) is 0.943. The Morgan fingerprint density at radius 1 is 1.88 bits per heavy atom. The number of hydrogen-bond donors (Lipinski definition) is 0. The van der Waals surface area contributed by atoms with E-state index < -0.39 is 0 Å². The Morgan fingerprint density at radius 3 is 3.12 bits per heavy atom. The Bertz CT molecular complexity index is 93.3. The summed E-state index contributed by atoms with van der Waals surface area (Å²) in [6, 6.07) is 0. The number of aliphatic imine (C=N–C) groups is 1. The highest BCUT2D eigenvalue weighted by atomic mass is 32.3. The molecule has 0 radical (unpaired) electrons. The van der Waals surface area contributed by atoms with E-state index in [0.717, 1.165) is 5.88 Å². The summed E-state index contributed by atoms with van der Waals surface area (Å²) in [7, 11) is 0. The van der Waals surface area contributed by atoms with E-state index in [9.17, 15) is 0 Å². The van der Waals surface area contributed by atoms with E-state index in [-0.39, 0.29) is 0 Å². The minimum atomic E-state index is 0.688. The van der Waals surface area contributed by atoms with Gasteiger partial charge in [-0.2, -0.15) is 0 Å². The molecule has 0 saturated carbocycles. The van der Waals surface area contributed by atoms with Gasteiger partial charge in [-0.05, 0) is 6.26 Å². The molecule has 0 aromatic heterocycles. The van der Waals surface area contributed by atoms with Crippen LogP contribution >= 0.6 is 35.3 Å². The Hall–Kier alpha value is 0.720. The highest BCUT2D eigenvalue weighted by Crippen LogP contribution is 2.33. The third kappa shape index (κ3) is 1.91. The largest absolute Gasteiger partial charge is 0.275 e. The quantitative estimate of drug-likeness (QED) is 0.590. The second-order valence-corrected chi connectivity index (χ2v) is 5.10. The maximum atomic E-state index is 4.06. The second-order valence-electron chi connectivity index (χ2n) is 1.24. The van der Waals surface area contributed by atoms with Gasteiger partial charge < -0.3 is 0 Å². The molecule has 1 heterocycles. The molecule has 0 N–H and O–H groups in total. The van der Waals surface area contributed by atoms with E-state index in [2.05, 4.69) is 11.2 Å². The zero-order valence-corrected chi connectivity index (χ0v) is 6.98. The second kappa shape index (κ2) is 3.69. The monoisotopic (exact) mass is 165 g/mol. The fourth-order valence-electron chi connectivity index (χ4n) is 0.390. The molecule has 0 aromatic carbocycles. The minimum absolute atomic E-state index is 0.688. The van der Waals surface area contributed by atoms with Crippen molar-refractivity contribution in [3.05, 3.63) is 0 Å². The number of rotatable bonds is 1. The first-order chi connectivity index (χ1) is 3.93. The lowest BCUT2D eigenvalue weighted by Crippen LogP contribution is -1.94. The average Bonchev–Trinajstić information content (AvgIpc) is 1.90. The van der Waals surface area contributed by atoms with Gasteiger partial charge in [0.25, 0.3) is 0 Å². The van der Waals surface area contributed by atoms with Crippen LogP contribution in [0.2, 0.25) is 0 Å². The molecular formula is C4H7NS3. The van der Waals surface area contributed by atoms with Gasteiger partial charge >= 0.3 is 0 Å². The van der Waals surface area contributed by atoms with Crippen LogP contribution in [0.5, 0.6) is 0 Å². The molecule has 8 heavy (non-hydrogen) atoms. The molecule has 1 unspecified atom stereocenters. The summed E-state index contributed by atoms with van der Waals surface area (Å²) < 4.78 is 0.688. The van der Waals surface area contributed by atoms with Crippen molar-refractivity contribution in [1.29, 1.82) is 0 Å². The summed E-state index contributed by atoms with van der Waals surface area (Å²) in [5.41, 5.74) is 1.94. The van der Waals surface area contributed by atoms with Crippen molar-refractivity contribution in [2.75, 3.05) is 12.1 Å². The summed E-state index contributed by atoms with van der Waals surface area (Å²) in [4.78, 5) is 4.06. The van der Waals surface area contributed by atoms with Crippen molar-refractivity contribution in [1.82, 2.24) is 0 Å². The molecule has 0 spiro atoms. The highest BCUT2D eigenvalue weighted by molar-refractivity contribution is 8.36. The van der Waals surface area contributed by atoms with Gasteiger partial charge in [0.05, 0.1) is 11.4 Å². The molecular weight excluding hydrogens is 158 g/mol. The molecule has 1 aliphatic rings. The summed E-state index contributed by atoms with van der Waals surface area (Å²) in [6.45, 7) is 0. The Labute approximate surface area is 62.1 Å². The fourth-order valence-corrected chi connectivity index (χ4v) is 2.99. The van der Waals surface area contributed by atoms with Crippen LogP contribution in [-0.2, 0) is 0 Å². The molecule has 4 heteroatoms. The molecule has 0 fully saturated rings. The lowest BCUT2D eigenvalue weighted by atomic mass is 11.4. The molecule has 46 valence electrons. The van der Waals surface area contributed by atoms with Crippen LogP contribution in [0.15, 0.2) is 4.99 Å². The first-order valence-electron chi connectivity index (χ1n) is 2.21. The predicted octanol–water partition coefficient (Wildman–Crippen LogP) is 2.10. The third-order valence-electron chi connectivity index (χ3n) is 0.724. The summed E-state index contributed by atoms with van der Waals surface area (Å²) in [6.07, 6.45) is 2.13. The van der Waals surface area contributed by atoms with Crippen LogP contribution in [-0.4, -0.2) is 21.6 Å². The van der Waals surface area contributed by atoms with Gasteiger partial charge in [0.2, 0.25) is 0 Å². The van der Waals surface area contributed by atoms with Gasteiger partial charge in [0.15, 0.2) is 0 Å². The van der Waals surface area contributed by atoms with Crippen LogP contribution in [0.4, 0.5) is 0 Å². The van der Waals surface area contributed by atoms with Gasteiger partial charge in [-0.25, -0.2) is 0 Å². The Balaban J connectivity index is 2.27. The van der Waals surface area contributed by atoms with Crippen LogP contribution in [0, 0.1) is 0 Å². The Kier molecular flexibility index (Phi) is 3.15. The van der Waals surface area contributed by atoms with Gasteiger partial charge in [-0.3, -0.25) is 4.99 Å². The van der Waals surface area contributed by atoms with Gasteiger partial charge in [-0.1, -0.05) is 11.8 Å². The molecule has 0 saturated heterocycles. The maximum absolute atomic E-state index is 4.06. The Morgan fingerprint density at radius 2 is 2.75 bits per heavy atom. The minimum Gasteiger partial charge on any atom is -0.275 e. The van der Waals surface area contributed by atoms with E-state index >= 15 is 0 Å². The highest BCUT2D eigenvalue weighted by Gasteiger charge is 2.07. The molecule has 1 aliphatic heterocycles. The van der Waals surface area contributed by atoms with E-state index in [1.54, 1.807) is 11.8 Å². The number of hydrogen-bond acceptors (Lipinski definition) is 4.